The zero-order chi connectivity index (χ0) is 19.7. The summed E-state index contributed by atoms with van der Waals surface area (Å²) in [7, 11) is 4.06. The Morgan fingerprint density at radius 2 is 1.96 bits per heavy atom. The lowest BCUT2D eigenvalue weighted by Crippen LogP contribution is -2.08. The largest absolute Gasteiger partial charge is 0.378 e. The second-order valence-electron chi connectivity index (χ2n) is 6.81. The third kappa shape index (κ3) is 3.75. The van der Waals surface area contributed by atoms with Crippen molar-refractivity contribution in [3.05, 3.63) is 65.9 Å². The average molecular weight is 392 g/mol. The molecule has 0 spiro atoms. The molecule has 2 aromatic heterocycles. The van der Waals surface area contributed by atoms with Crippen LogP contribution in [0.5, 0.6) is 0 Å². The molecule has 0 aliphatic rings. The van der Waals surface area contributed by atoms with Crippen LogP contribution in [-0.4, -0.2) is 34.5 Å². The van der Waals surface area contributed by atoms with E-state index in [1.165, 1.54) is 22.6 Å². The standard InChI is InChI=1S/C21H21N5OS/c1-14(27)16-5-4-6-17(11-16)19-13-26-21(23-19)28-20(24-26)22-12-15-7-9-18(10-8-15)25(2)3/h4-11,13H,12H2,1-3H3,(H,22,24). The molecule has 7 heteroatoms. The summed E-state index contributed by atoms with van der Waals surface area (Å²) in [6, 6.07) is 15.9. The molecule has 2 aromatic carbocycles. The number of benzene rings is 2. The van der Waals surface area contributed by atoms with Crippen LogP contribution in [0.25, 0.3) is 16.2 Å². The first-order valence-electron chi connectivity index (χ1n) is 8.97. The quantitative estimate of drug-likeness (QED) is 0.496. The Kier molecular flexibility index (Phi) is 4.83. The molecule has 0 saturated carbocycles. The molecule has 1 N–H and O–H groups in total. The van der Waals surface area contributed by atoms with Crippen molar-refractivity contribution < 1.29 is 4.79 Å². The van der Waals surface area contributed by atoms with Gasteiger partial charge in [-0.15, -0.1) is 5.10 Å². The van der Waals surface area contributed by atoms with E-state index in [-0.39, 0.29) is 5.78 Å². The van der Waals surface area contributed by atoms with Crippen LogP contribution in [0.15, 0.2) is 54.7 Å². The fourth-order valence-corrected chi connectivity index (χ4v) is 3.67. The highest BCUT2D eigenvalue weighted by molar-refractivity contribution is 7.20. The molecule has 0 saturated heterocycles. The number of hydrogen-bond donors (Lipinski definition) is 1. The number of rotatable bonds is 6. The van der Waals surface area contributed by atoms with Crippen LogP contribution in [0.2, 0.25) is 0 Å². The lowest BCUT2D eigenvalue weighted by Gasteiger charge is -2.12. The molecule has 4 aromatic rings. The van der Waals surface area contributed by atoms with Crippen LogP contribution in [0.1, 0.15) is 22.8 Å². The first-order chi connectivity index (χ1) is 13.5. The second-order valence-corrected chi connectivity index (χ2v) is 7.77. The van der Waals surface area contributed by atoms with Crippen molar-refractivity contribution in [2.24, 2.45) is 0 Å². The Morgan fingerprint density at radius 1 is 1.18 bits per heavy atom. The third-order valence-corrected chi connectivity index (χ3v) is 5.38. The average Bonchev–Trinajstić information content (AvgIpc) is 3.25. The molecule has 0 atom stereocenters. The zero-order valence-corrected chi connectivity index (χ0v) is 16.8. The molecule has 0 bridgehead atoms. The highest BCUT2D eigenvalue weighted by atomic mass is 32.1. The van der Waals surface area contributed by atoms with Gasteiger partial charge in [0, 0.05) is 37.5 Å². The molecular weight excluding hydrogens is 370 g/mol. The van der Waals surface area contributed by atoms with E-state index in [9.17, 15) is 4.79 Å². The van der Waals surface area contributed by atoms with Gasteiger partial charge >= 0.3 is 0 Å². The number of anilines is 2. The van der Waals surface area contributed by atoms with Gasteiger partial charge in [0.2, 0.25) is 10.1 Å². The van der Waals surface area contributed by atoms with E-state index < -0.39 is 0 Å². The van der Waals surface area contributed by atoms with Crippen molar-refractivity contribution in [2.75, 3.05) is 24.3 Å². The van der Waals surface area contributed by atoms with E-state index >= 15 is 0 Å². The second kappa shape index (κ2) is 7.44. The number of fused-ring (bicyclic) bond motifs is 1. The van der Waals surface area contributed by atoms with Crippen LogP contribution in [0.4, 0.5) is 10.8 Å². The summed E-state index contributed by atoms with van der Waals surface area (Å²) >= 11 is 1.51. The fraction of sp³-hybridized carbons (Fsp3) is 0.190. The van der Waals surface area contributed by atoms with Crippen molar-refractivity contribution in [1.82, 2.24) is 14.6 Å². The Bertz CT molecular complexity index is 1100. The molecule has 4 rings (SSSR count). The van der Waals surface area contributed by atoms with E-state index in [0.29, 0.717) is 12.1 Å². The Balaban J connectivity index is 1.48. The smallest absolute Gasteiger partial charge is 0.214 e. The monoisotopic (exact) mass is 391 g/mol. The van der Waals surface area contributed by atoms with E-state index in [4.69, 9.17) is 0 Å². The number of carbonyl (C=O) groups is 1. The summed E-state index contributed by atoms with van der Waals surface area (Å²) < 4.78 is 1.78. The fourth-order valence-electron chi connectivity index (χ4n) is 2.90. The van der Waals surface area contributed by atoms with E-state index in [1.807, 2.05) is 44.6 Å². The van der Waals surface area contributed by atoms with Gasteiger partial charge in [-0.05, 0) is 30.7 Å². The number of nitrogens with zero attached hydrogens (tertiary/aromatic N) is 4. The minimum atomic E-state index is 0.0473. The number of aromatic nitrogens is 3. The number of hydrogen-bond acceptors (Lipinski definition) is 6. The molecule has 0 radical (unpaired) electrons. The molecule has 0 fully saturated rings. The Labute approximate surface area is 167 Å². The van der Waals surface area contributed by atoms with Crippen LogP contribution in [0.3, 0.4) is 0 Å². The highest BCUT2D eigenvalue weighted by Gasteiger charge is 2.11. The van der Waals surface area contributed by atoms with Crippen molar-refractivity contribution in [3.63, 3.8) is 0 Å². The van der Waals surface area contributed by atoms with Crippen molar-refractivity contribution in [3.8, 4) is 11.3 Å². The molecule has 2 heterocycles. The maximum atomic E-state index is 11.6. The van der Waals surface area contributed by atoms with Gasteiger partial charge in [-0.2, -0.15) is 0 Å². The SMILES string of the molecule is CC(=O)c1cccc(-c2cn3nc(NCc4ccc(N(C)C)cc4)sc3n2)c1. The molecule has 0 aliphatic heterocycles. The van der Waals surface area contributed by atoms with E-state index in [2.05, 4.69) is 44.6 Å². The van der Waals surface area contributed by atoms with Gasteiger partial charge in [0.1, 0.15) is 0 Å². The van der Waals surface area contributed by atoms with E-state index in [0.717, 1.165) is 21.3 Å². The normalized spacial score (nSPS) is 11.0. The van der Waals surface area contributed by atoms with Crippen molar-refractivity contribution in [2.45, 2.75) is 13.5 Å². The van der Waals surface area contributed by atoms with Crippen molar-refractivity contribution >= 4 is 32.9 Å². The third-order valence-electron chi connectivity index (χ3n) is 4.50. The summed E-state index contributed by atoms with van der Waals surface area (Å²) in [6.45, 7) is 2.27. The number of Topliss-reactive ketones (excluding diaryl/α,β-unsaturated/α-hetero) is 1. The van der Waals surface area contributed by atoms with Gasteiger partial charge in [0.05, 0.1) is 11.9 Å². The molecule has 0 aliphatic carbocycles. The predicted molar refractivity (Wildman–Crippen MR) is 114 cm³/mol. The summed E-state index contributed by atoms with van der Waals surface area (Å²) in [4.78, 5) is 19.1. The number of carbonyl (C=O) groups excluding carboxylic acids is 1. The first-order valence-corrected chi connectivity index (χ1v) is 9.79. The van der Waals surface area contributed by atoms with Crippen molar-refractivity contribution in [1.29, 1.82) is 0 Å². The minimum absolute atomic E-state index is 0.0473. The summed E-state index contributed by atoms with van der Waals surface area (Å²) in [5, 5.41) is 8.74. The van der Waals surface area contributed by atoms with E-state index in [1.54, 1.807) is 11.4 Å². The van der Waals surface area contributed by atoms with Gasteiger partial charge in [-0.1, -0.05) is 41.7 Å². The Hall–Kier alpha value is -3.19. The summed E-state index contributed by atoms with van der Waals surface area (Å²) in [6.07, 6.45) is 1.89. The molecule has 28 heavy (non-hydrogen) atoms. The van der Waals surface area contributed by atoms with Crippen LogP contribution < -0.4 is 10.2 Å². The maximum Gasteiger partial charge on any atom is 0.214 e. The highest BCUT2D eigenvalue weighted by Crippen LogP contribution is 2.25. The van der Waals surface area contributed by atoms with Gasteiger partial charge < -0.3 is 10.2 Å². The van der Waals surface area contributed by atoms with Crippen LogP contribution >= 0.6 is 11.3 Å². The lowest BCUT2D eigenvalue weighted by atomic mass is 10.1. The summed E-state index contributed by atoms with van der Waals surface area (Å²) in [5.74, 6) is 0.0473. The molecular formula is C21H21N5OS. The van der Waals surface area contributed by atoms with Gasteiger partial charge in [-0.25, -0.2) is 9.50 Å². The Morgan fingerprint density at radius 3 is 2.64 bits per heavy atom. The zero-order valence-electron chi connectivity index (χ0n) is 16.0. The van der Waals surface area contributed by atoms with Gasteiger partial charge in [0.15, 0.2) is 5.78 Å². The number of imidazole rings is 1. The molecule has 0 amide bonds. The van der Waals surface area contributed by atoms with Gasteiger partial charge in [0.25, 0.3) is 0 Å². The van der Waals surface area contributed by atoms with Crippen LogP contribution in [0, 0.1) is 0 Å². The first kappa shape index (κ1) is 18.2. The minimum Gasteiger partial charge on any atom is -0.378 e. The van der Waals surface area contributed by atoms with Gasteiger partial charge in [-0.3, -0.25) is 4.79 Å². The number of ketones is 1. The topological polar surface area (TPSA) is 62.5 Å². The predicted octanol–water partition coefficient (Wildman–Crippen LogP) is 4.34. The molecule has 0 unspecified atom stereocenters. The molecule has 6 nitrogen and oxygen atoms in total. The summed E-state index contributed by atoms with van der Waals surface area (Å²) in [5.41, 5.74) is 4.79. The molecule has 142 valence electrons. The number of nitrogens with one attached hydrogen (secondary N) is 1. The lowest BCUT2D eigenvalue weighted by molar-refractivity contribution is 0.101. The maximum absolute atomic E-state index is 11.6. The van der Waals surface area contributed by atoms with Crippen LogP contribution in [-0.2, 0) is 6.54 Å².